The number of carbonyl (C=O) groups excluding carboxylic acids is 1. The Morgan fingerprint density at radius 2 is 2.20 bits per heavy atom. The number of likely N-dealkylation sites (tertiary alicyclic amines) is 1. The number of hydrogen-bond donors (Lipinski definition) is 1. The van der Waals surface area contributed by atoms with Crippen LogP contribution >= 0.6 is 11.3 Å². The van der Waals surface area contributed by atoms with Crippen LogP contribution in [-0.2, 0) is 11.0 Å². The summed E-state index contributed by atoms with van der Waals surface area (Å²) >= 11 is 0.359. The minimum atomic E-state index is -4.57. The smallest absolute Gasteiger partial charge is 0.443 e. The fraction of sp³-hybridized carbons (Fsp3) is 0.545. The molecule has 110 valence electrons. The molecule has 0 aliphatic carbocycles. The first-order valence-electron chi connectivity index (χ1n) is 5.84. The lowest BCUT2D eigenvalue weighted by Gasteiger charge is -2.22. The number of aromatic nitrogens is 1. The fourth-order valence-electron chi connectivity index (χ4n) is 2.17. The van der Waals surface area contributed by atoms with E-state index in [1.807, 2.05) is 0 Å². The monoisotopic (exact) mass is 308 g/mol. The van der Waals surface area contributed by atoms with E-state index in [0.29, 0.717) is 30.7 Å². The van der Waals surface area contributed by atoms with E-state index in [1.165, 1.54) is 4.90 Å². The average molecular weight is 308 g/mol. The summed E-state index contributed by atoms with van der Waals surface area (Å²) in [6.45, 7) is 0.343. The second-order valence-corrected chi connectivity index (χ2v) is 5.29. The lowest BCUT2D eigenvalue weighted by Crippen LogP contribution is -2.37. The Labute approximate surface area is 116 Å². The van der Waals surface area contributed by atoms with Gasteiger partial charge in [-0.05, 0) is 12.8 Å². The number of rotatable bonds is 3. The number of carboxylic acids is 1. The molecule has 0 saturated carbocycles. The van der Waals surface area contributed by atoms with Crippen LogP contribution in [0.4, 0.5) is 13.2 Å². The molecule has 1 amide bonds. The average Bonchev–Trinajstić information content (AvgIpc) is 2.94. The van der Waals surface area contributed by atoms with E-state index in [1.54, 1.807) is 0 Å². The molecule has 1 aromatic rings. The number of nitrogens with zero attached hydrogens (tertiary/aromatic N) is 2. The van der Waals surface area contributed by atoms with Gasteiger partial charge in [0.1, 0.15) is 5.69 Å². The Balaban J connectivity index is 2.14. The van der Waals surface area contributed by atoms with E-state index in [4.69, 9.17) is 5.11 Å². The second kappa shape index (κ2) is 5.39. The number of halogens is 3. The van der Waals surface area contributed by atoms with E-state index < -0.39 is 29.1 Å². The van der Waals surface area contributed by atoms with E-state index in [0.717, 1.165) is 5.38 Å². The van der Waals surface area contributed by atoms with Gasteiger partial charge in [-0.3, -0.25) is 9.59 Å². The highest BCUT2D eigenvalue weighted by molar-refractivity contribution is 7.09. The van der Waals surface area contributed by atoms with Crippen LogP contribution < -0.4 is 0 Å². The molecule has 5 nitrogen and oxygen atoms in total. The highest BCUT2D eigenvalue weighted by Crippen LogP contribution is 2.32. The number of carboxylic acid groups (broad SMARTS) is 1. The first-order chi connectivity index (χ1) is 9.29. The van der Waals surface area contributed by atoms with Crippen LogP contribution in [0.2, 0.25) is 0 Å². The van der Waals surface area contributed by atoms with E-state index in [2.05, 4.69) is 4.98 Å². The van der Waals surface area contributed by atoms with Gasteiger partial charge in [-0.15, -0.1) is 11.3 Å². The quantitative estimate of drug-likeness (QED) is 0.929. The molecule has 0 aromatic carbocycles. The summed E-state index contributed by atoms with van der Waals surface area (Å²) < 4.78 is 37.3. The van der Waals surface area contributed by atoms with Crippen LogP contribution in [0.3, 0.4) is 0 Å². The largest absolute Gasteiger partial charge is 0.481 e. The first-order valence-corrected chi connectivity index (χ1v) is 6.72. The van der Waals surface area contributed by atoms with E-state index in [9.17, 15) is 22.8 Å². The Hall–Kier alpha value is -1.64. The molecule has 1 aromatic heterocycles. The maximum Gasteiger partial charge on any atom is 0.443 e. The zero-order valence-electron chi connectivity index (χ0n) is 10.2. The van der Waals surface area contributed by atoms with Crippen molar-refractivity contribution in [3.8, 4) is 0 Å². The molecular formula is C11H11F3N2O3S. The van der Waals surface area contributed by atoms with Gasteiger partial charge in [0.15, 0.2) is 5.01 Å². The molecule has 1 fully saturated rings. The zero-order valence-corrected chi connectivity index (χ0v) is 11.0. The van der Waals surface area contributed by atoms with Crippen molar-refractivity contribution in [2.75, 3.05) is 6.54 Å². The molecule has 1 unspecified atom stereocenters. The number of amides is 1. The fourth-order valence-corrected chi connectivity index (χ4v) is 2.83. The zero-order chi connectivity index (χ0) is 14.9. The molecule has 1 N–H and O–H groups in total. The van der Waals surface area contributed by atoms with Gasteiger partial charge < -0.3 is 10.0 Å². The molecule has 0 bridgehead atoms. The molecule has 20 heavy (non-hydrogen) atoms. The second-order valence-electron chi connectivity index (χ2n) is 4.43. The third-order valence-corrected chi connectivity index (χ3v) is 3.90. The third kappa shape index (κ3) is 3.09. The topological polar surface area (TPSA) is 70.5 Å². The van der Waals surface area contributed by atoms with Gasteiger partial charge in [0.25, 0.3) is 5.91 Å². The van der Waals surface area contributed by atoms with E-state index in [-0.39, 0.29) is 12.1 Å². The van der Waals surface area contributed by atoms with E-state index >= 15 is 0 Å². The minimum absolute atomic E-state index is 0.206. The van der Waals surface area contributed by atoms with Gasteiger partial charge in [-0.25, -0.2) is 4.98 Å². The SMILES string of the molecule is O=C(O)CC1CCCN1C(=O)c1csc(C(F)(F)F)n1. The van der Waals surface area contributed by atoms with Gasteiger partial charge in [0, 0.05) is 18.0 Å². The Bertz CT molecular complexity index is 529. The predicted molar refractivity (Wildman–Crippen MR) is 63.4 cm³/mol. The van der Waals surface area contributed by atoms with Crippen molar-refractivity contribution in [2.24, 2.45) is 0 Å². The molecule has 0 radical (unpaired) electrons. The highest BCUT2D eigenvalue weighted by Gasteiger charge is 2.37. The van der Waals surface area contributed by atoms with Gasteiger partial charge in [0.05, 0.1) is 6.42 Å². The maximum absolute atomic E-state index is 12.4. The van der Waals surface area contributed by atoms with Crippen molar-refractivity contribution in [1.29, 1.82) is 0 Å². The summed E-state index contributed by atoms with van der Waals surface area (Å²) in [4.78, 5) is 27.4. The molecule has 9 heteroatoms. The van der Waals surface area contributed by atoms with Gasteiger partial charge >= 0.3 is 12.1 Å². The van der Waals surface area contributed by atoms with Gasteiger partial charge in [0.2, 0.25) is 0 Å². The van der Waals surface area contributed by atoms with Crippen LogP contribution in [0.5, 0.6) is 0 Å². The van der Waals surface area contributed by atoms with Crippen molar-refractivity contribution < 1.29 is 27.9 Å². The van der Waals surface area contributed by atoms with Crippen LogP contribution in [-0.4, -0.2) is 39.5 Å². The summed E-state index contributed by atoms with van der Waals surface area (Å²) in [5.41, 5.74) is -0.278. The molecular weight excluding hydrogens is 297 g/mol. The van der Waals surface area contributed by atoms with Crippen molar-refractivity contribution in [3.05, 3.63) is 16.1 Å². The molecule has 1 saturated heterocycles. The molecule has 2 rings (SSSR count). The van der Waals surface area contributed by atoms with Gasteiger partial charge in [-0.2, -0.15) is 13.2 Å². The third-order valence-electron chi connectivity index (χ3n) is 3.01. The van der Waals surface area contributed by atoms with Crippen LogP contribution in [0.25, 0.3) is 0 Å². The molecule has 2 heterocycles. The van der Waals surface area contributed by atoms with Crippen molar-refractivity contribution >= 4 is 23.2 Å². The molecule has 1 aliphatic heterocycles. The lowest BCUT2D eigenvalue weighted by molar-refractivity contribution is -0.138. The normalized spacial score (nSPS) is 19.4. The minimum Gasteiger partial charge on any atom is -0.481 e. The van der Waals surface area contributed by atoms with Crippen LogP contribution in [0, 0.1) is 0 Å². The Morgan fingerprint density at radius 1 is 1.50 bits per heavy atom. The van der Waals surface area contributed by atoms with Crippen LogP contribution in [0.15, 0.2) is 5.38 Å². The predicted octanol–water partition coefficient (Wildman–Crippen LogP) is 2.24. The summed E-state index contributed by atoms with van der Waals surface area (Å²) in [6, 6.07) is -0.476. The first kappa shape index (κ1) is 14.8. The number of alkyl halides is 3. The molecule has 1 aliphatic rings. The number of thiazole rings is 1. The summed E-state index contributed by atoms with van der Waals surface area (Å²) in [6.07, 6.45) is -3.61. The van der Waals surface area contributed by atoms with Crippen LogP contribution in [0.1, 0.15) is 34.8 Å². The number of hydrogen-bond acceptors (Lipinski definition) is 4. The molecule has 1 atom stereocenters. The summed E-state index contributed by atoms with van der Waals surface area (Å²) in [5.74, 6) is -1.68. The summed E-state index contributed by atoms with van der Waals surface area (Å²) in [7, 11) is 0. The van der Waals surface area contributed by atoms with Gasteiger partial charge in [-0.1, -0.05) is 0 Å². The van der Waals surface area contributed by atoms with Crippen molar-refractivity contribution in [1.82, 2.24) is 9.88 Å². The van der Waals surface area contributed by atoms with Crippen molar-refractivity contribution in [3.63, 3.8) is 0 Å². The Morgan fingerprint density at radius 3 is 2.75 bits per heavy atom. The number of carbonyl (C=O) groups is 2. The Kier molecular flexibility index (Phi) is 3.98. The standard InChI is InChI=1S/C11H11F3N2O3S/c12-11(13,14)10-15-7(5-20-10)9(19)16-3-1-2-6(16)4-8(17)18/h5-6H,1-4H2,(H,17,18). The highest BCUT2D eigenvalue weighted by atomic mass is 32.1. The van der Waals surface area contributed by atoms with Crippen molar-refractivity contribution in [2.45, 2.75) is 31.5 Å². The molecule has 0 spiro atoms. The lowest BCUT2D eigenvalue weighted by atomic mass is 10.1. The maximum atomic E-state index is 12.4. The summed E-state index contributed by atoms with van der Waals surface area (Å²) in [5, 5.41) is 8.74. The number of aliphatic carboxylic acids is 1.